The number of hydrogen-bond donors (Lipinski definition) is 1. The second-order valence-electron chi connectivity index (χ2n) is 8.90. The van der Waals surface area contributed by atoms with Crippen LogP contribution in [0.25, 0.3) is 0 Å². The molecule has 0 aliphatic heterocycles. The second kappa shape index (κ2) is 6.12. The maximum atomic E-state index is 3.72. The van der Waals surface area contributed by atoms with Crippen LogP contribution in [0.2, 0.25) is 0 Å². The molecule has 1 aliphatic rings. The Morgan fingerprint density at radius 2 is 1.57 bits per heavy atom. The maximum Gasteiger partial charge on any atom is 0.00683 e. The van der Waals surface area contributed by atoms with Gasteiger partial charge in [-0.1, -0.05) is 65.8 Å². The van der Waals surface area contributed by atoms with Crippen LogP contribution in [0.3, 0.4) is 0 Å². The van der Waals surface area contributed by atoms with Gasteiger partial charge < -0.3 is 5.32 Å². The van der Waals surface area contributed by atoms with Crippen LogP contribution in [0.4, 0.5) is 0 Å². The molecule has 2 rings (SSSR count). The van der Waals surface area contributed by atoms with Crippen molar-refractivity contribution in [2.75, 3.05) is 6.54 Å². The average molecular weight is 287 g/mol. The molecule has 118 valence electrons. The van der Waals surface area contributed by atoms with Gasteiger partial charge in [0.25, 0.3) is 0 Å². The molecule has 0 saturated heterocycles. The van der Waals surface area contributed by atoms with Gasteiger partial charge in [0.05, 0.1) is 0 Å². The van der Waals surface area contributed by atoms with Crippen molar-refractivity contribution in [3.63, 3.8) is 0 Å². The Bertz CT molecular complexity index is 440. The van der Waals surface area contributed by atoms with E-state index in [1.165, 1.54) is 30.4 Å². The molecule has 0 spiro atoms. The summed E-state index contributed by atoms with van der Waals surface area (Å²) in [6.07, 6.45) is 3.92. The summed E-state index contributed by atoms with van der Waals surface area (Å²) in [5.41, 5.74) is 3.50. The highest BCUT2D eigenvalue weighted by Crippen LogP contribution is 2.31. The Balaban J connectivity index is 2.01. The maximum absolute atomic E-state index is 3.72. The molecule has 1 N–H and O–H groups in total. The molecule has 1 aliphatic carbocycles. The Morgan fingerprint density at radius 3 is 2.00 bits per heavy atom. The highest BCUT2D eigenvalue weighted by atomic mass is 14.9. The van der Waals surface area contributed by atoms with Gasteiger partial charge in [-0.25, -0.2) is 0 Å². The summed E-state index contributed by atoms with van der Waals surface area (Å²) in [4.78, 5) is 0. The van der Waals surface area contributed by atoms with Crippen molar-refractivity contribution in [2.45, 2.75) is 72.3 Å². The van der Waals surface area contributed by atoms with Crippen molar-refractivity contribution in [1.29, 1.82) is 0 Å². The minimum atomic E-state index is 0.246. The van der Waals surface area contributed by atoms with Gasteiger partial charge in [0.1, 0.15) is 0 Å². The van der Waals surface area contributed by atoms with Crippen LogP contribution < -0.4 is 5.32 Å². The molecule has 1 aromatic carbocycles. The molecule has 1 atom stereocenters. The first kappa shape index (κ1) is 16.5. The Morgan fingerprint density at radius 1 is 1.00 bits per heavy atom. The monoisotopic (exact) mass is 287 g/mol. The smallest absolute Gasteiger partial charge is 0.00683 e. The van der Waals surface area contributed by atoms with E-state index < -0.39 is 0 Å². The summed E-state index contributed by atoms with van der Waals surface area (Å²) in [6.45, 7) is 15.1. The topological polar surface area (TPSA) is 12.0 Å². The van der Waals surface area contributed by atoms with E-state index in [1.54, 1.807) is 0 Å². The number of rotatable bonds is 5. The van der Waals surface area contributed by atoms with Crippen LogP contribution in [0.5, 0.6) is 0 Å². The summed E-state index contributed by atoms with van der Waals surface area (Å²) in [5.74, 6) is 0.693. The van der Waals surface area contributed by atoms with Crippen LogP contribution in [0.1, 0.15) is 65.5 Å². The third-order valence-electron chi connectivity index (χ3n) is 4.76. The lowest BCUT2D eigenvalue weighted by Gasteiger charge is -2.31. The molecular weight excluding hydrogens is 254 g/mol. The van der Waals surface area contributed by atoms with Gasteiger partial charge in [0.15, 0.2) is 0 Å². The van der Waals surface area contributed by atoms with Crippen molar-refractivity contribution >= 4 is 0 Å². The van der Waals surface area contributed by atoms with Gasteiger partial charge in [-0.15, -0.1) is 0 Å². The van der Waals surface area contributed by atoms with Crippen LogP contribution in [-0.4, -0.2) is 12.6 Å². The summed E-state index contributed by atoms with van der Waals surface area (Å²) < 4.78 is 0. The van der Waals surface area contributed by atoms with E-state index in [1.807, 2.05) is 0 Å². The van der Waals surface area contributed by atoms with Crippen molar-refractivity contribution in [3.05, 3.63) is 35.4 Å². The first-order chi connectivity index (χ1) is 9.66. The van der Waals surface area contributed by atoms with Gasteiger partial charge in [-0.2, -0.15) is 0 Å². The second-order valence-corrected chi connectivity index (χ2v) is 8.90. The highest BCUT2D eigenvalue weighted by molar-refractivity contribution is 5.28. The van der Waals surface area contributed by atoms with Gasteiger partial charge in [-0.3, -0.25) is 0 Å². The fourth-order valence-corrected chi connectivity index (χ4v) is 2.71. The van der Waals surface area contributed by atoms with Crippen LogP contribution in [-0.2, 0) is 11.8 Å². The Hall–Kier alpha value is -0.820. The quantitative estimate of drug-likeness (QED) is 0.808. The average Bonchev–Trinajstić information content (AvgIpc) is 3.16. The van der Waals surface area contributed by atoms with E-state index in [-0.39, 0.29) is 5.41 Å². The molecule has 1 heteroatoms. The first-order valence-electron chi connectivity index (χ1n) is 8.49. The van der Waals surface area contributed by atoms with E-state index in [2.05, 4.69) is 71.1 Å². The standard InChI is InChI=1S/C20H33N/c1-19(2,3)16-9-7-15(8-10-16)13-17(20(4,5)6)14-21-18-11-12-18/h7-10,17-18,21H,11-14H2,1-6H3. The Kier molecular flexibility index (Phi) is 4.82. The molecule has 1 nitrogen and oxygen atoms in total. The molecule has 0 amide bonds. The zero-order valence-corrected chi connectivity index (χ0v) is 14.8. The Labute approximate surface area is 131 Å². The zero-order valence-electron chi connectivity index (χ0n) is 14.8. The predicted molar refractivity (Wildman–Crippen MR) is 92.8 cm³/mol. The SMILES string of the molecule is CC(C)(C)c1ccc(CC(CNC2CC2)C(C)(C)C)cc1. The molecule has 0 heterocycles. The van der Waals surface area contributed by atoms with Crippen molar-refractivity contribution in [2.24, 2.45) is 11.3 Å². The van der Waals surface area contributed by atoms with Crippen molar-refractivity contribution < 1.29 is 0 Å². The molecule has 1 unspecified atom stereocenters. The molecule has 0 bridgehead atoms. The van der Waals surface area contributed by atoms with Gasteiger partial charge >= 0.3 is 0 Å². The van der Waals surface area contributed by atoms with Crippen LogP contribution in [0, 0.1) is 11.3 Å². The fraction of sp³-hybridized carbons (Fsp3) is 0.700. The lowest BCUT2D eigenvalue weighted by Crippen LogP contribution is -2.34. The summed E-state index contributed by atoms with van der Waals surface area (Å²) in [7, 11) is 0. The van der Waals surface area contributed by atoms with E-state index in [0.29, 0.717) is 11.3 Å². The van der Waals surface area contributed by atoms with Gasteiger partial charge in [-0.05, 0) is 53.7 Å². The number of nitrogens with one attached hydrogen (secondary N) is 1. The van der Waals surface area contributed by atoms with Crippen molar-refractivity contribution in [1.82, 2.24) is 5.32 Å². The molecule has 1 saturated carbocycles. The summed E-state index contributed by atoms with van der Waals surface area (Å²) >= 11 is 0. The fourth-order valence-electron chi connectivity index (χ4n) is 2.71. The number of hydrogen-bond acceptors (Lipinski definition) is 1. The lowest BCUT2D eigenvalue weighted by atomic mass is 9.76. The third-order valence-corrected chi connectivity index (χ3v) is 4.76. The molecular formula is C20H33N. The minimum Gasteiger partial charge on any atom is -0.314 e. The molecule has 0 radical (unpaired) electrons. The van der Waals surface area contributed by atoms with Crippen LogP contribution in [0.15, 0.2) is 24.3 Å². The first-order valence-corrected chi connectivity index (χ1v) is 8.49. The molecule has 1 fully saturated rings. The minimum absolute atomic E-state index is 0.246. The van der Waals surface area contributed by atoms with Crippen molar-refractivity contribution in [3.8, 4) is 0 Å². The number of benzene rings is 1. The molecule has 1 aromatic rings. The zero-order chi connectivity index (χ0) is 15.7. The van der Waals surface area contributed by atoms with Gasteiger partial charge in [0, 0.05) is 6.04 Å². The summed E-state index contributed by atoms with van der Waals surface area (Å²) in [6, 6.07) is 10.1. The predicted octanol–water partition coefficient (Wildman–Crippen LogP) is 4.94. The van der Waals surface area contributed by atoms with E-state index in [9.17, 15) is 0 Å². The van der Waals surface area contributed by atoms with E-state index in [0.717, 1.165) is 12.6 Å². The molecule has 21 heavy (non-hydrogen) atoms. The van der Waals surface area contributed by atoms with Gasteiger partial charge in [0.2, 0.25) is 0 Å². The molecule has 0 aromatic heterocycles. The summed E-state index contributed by atoms with van der Waals surface area (Å²) in [5, 5.41) is 3.72. The van der Waals surface area contributed by atoms with Crippen LogP contribution >= 0.6 is 0 Å². The third kappa shape index (κ3) is 5.14. The van der Waals surface area contributed by atoms with E-state index >= 15 is 0 Å². The van der Waals surface area contributed by atoms with E-state index in [4.69, 9.17) is 0 Å². The highest BCUT2D eigenvalue weighted by Gasteiger charge is 2.28. The largest absolute Gasteiger partial charge is 0.314 e. The normalized spacial score (nSPS) is 17.8. The lowest BCUT2D eigenvalue weighted by molar-refractivity contribution is 0.230.